The van der Waals surface area contributed by atoms with Gasteiger partial charge in [-0.2, -0.15) is 0 Å². The van der Waals surface area contributed by atoms with Gasteiger partial charge >= 0.3 is 6.03 Å². The van der Waals surface area contributed by atoms with E-state index >= 15 is 0 Å². The Morgan fingerprint density at radius 3 is 2.50 bits per heavy atom. The summed E-state index contributed by atoms with van der Waals surface area (Å²) in [5, 5.41) is 5.95. The van der Waals surface area contributed by atoms with Gasteiger partial charge in [0.15, 0.2) is 5.13 Å². The third-order valence-electron chi connectivity index (χ3n) is 4.38. The van der Waals surface area contributed by atoms with Gasteiger partial charge < -0.3 is 10.2 Å². The lowest BCUT2D eigenvalue weighted by atomic mass is 10.2. The molecule has 0 atom stereocenters. The third-order valence-corrected chi connectivity index (χ3v) is 5.44. The topological polar surface area (TPSA) is 74.3 Å². The first-order valence-electron chi connectivity index (χ1n) is 8.94. The highest BCUT2D eigenvalue weighted by Crippen LogP contribution is 2.25. The molecule has 3 rings (SSSR count). The van der Waals surface area contributed by atoms with E-state index in [1.807, 2.05) is 43.0 Å². The van der Waals surface area contributed by atoms with Gasteiger partial charge in [-0.25, -0.2) is 9.78 Å². The number of aromatic nitrogens is 1. The number of hydrogen-bond acceptors (Lipinski definition) is 4. The molecule has 138 valence electrons. The first-order valence-corrected chi connectivity index (χ1v) is 9.76. The van der Waals surface area contributed by atoms with Crippen LogP contribution in [0.25, 0.3) is 0 Å². The van der Waals surface area contributed by atoms with Crippen LogP contribution in [0.1, 0.15) is 46.6 Å². The number of benzene rings is 1. The van der Waals surface area contributed by atoms with Crippen molar-refractivity contribution >= 4 is 34.1 Å². The number of amides is 3. The quantitative estimate of drug-likeness (QED) is 0.837. The van der Waals surface area contributed by atoms with E-state index in [0.717, 1.165) is 37.2 Å². The van der Waals surface area contributed by atoms with Crippen LogP contribution in [0.4, 0.5) is 15.6 Å². The van der Waals surface area contributed by atoms with Crippen molar-refractivity contribution in [2.75, 3.05) is 23.7 Å². The van der Waals surface area contributed by atoms with Gasteiger partial charge in [0, 0.05) is 18.8 Å². The fraction of sp³-hybridized carbons (Fsp3) is 0.421. The molecule has 3 amide bonds. The molecule has 2 N–H and O–H groups in total. The lowest BCUT2D eigenvalue weighted by molar-refractivity contribution is 0.0765. The molecule has 0 unspecified atom stereocenters. The summed E-state index contributed by atoms with van der Waals surface area (Å²) < 4.78 is 0. The number of rotatable bonds is 3. The van der Waals surface area contributed by atoms with Crippen LogP contribution in [0.3, 0.4) is 0 Å². The van der Waals surface area contributed by atoms with Gasteiger partial charge in [-0.1, -0.05) is 36.3 Å². The van der Waals surface area contributed by atoms with Crippen LogP contribution in [-0.4, -0.2) is 34.9 Å². The monoisotopic (exact) mass is 372 g/mol. The zero-order valence-electron chi connectivity index (χ0n) is 15.2. The van der Waals surface area contributed by atoms with Crippen LogP contribution >= 0.6 is 11.3 Å². The molecule has 1 aliphatic rings. The fourth-order valence-corrected chi connectivity index (χ4v) is 3.98. The predicted octanol–water partition coefficient (Wildman–Crippen LogP) is 4.42. The minimum atomic E-state index is -0.363. The summed E-state index contributed by atoms with van der Waals surface area (Å²) in [4.78, 5) is 31.8. The second kappa shape index (κ2) is 8.31. The molecular formula is C19H24N4O2S. The lowest BCUT2D eigenvalue weighted by Crippen LogP contribution is -2.31. The van der Waals surface area contributed by atoms with Crippen LogP contribution in [0, 0.1) is 13.8 Å². The molecule has 0 spiro atoms. The maximum Gasteiger partial charge on any atom is 0.325 e. The molecule has 1 aliphatic heterocycles. The van der Waals surface area contributed by atoms with Gasteiger partial charge in [0.05, 0.1) is 5.69 Å². The molecule has 0 saturated carbocycles. The Bertz CT molecular complexity index is 795. The summed E-state index contributed by atoms with van der Waals surface area (Å²) >= 11 is 1.24. The summed E-state index contributed by atoms with van der Waals surface area (Å²) in [7, 11) is 0. The number of nitrogens with one attached hydrogen (secondary N) is 2. The molecule has 2 aromatic rings. The number of aryl methyl sites for hydroxylation is 2. The number of nitrogens with zero attached hydrogens (tertiary/aromatic N) is 2. The Morgan fingerprint density at radius 2 is 1.81 bits per heavy atom. The Balaban J connectivity index is 1.65. The minimum Gasteiger partial charge on any atom is -0.338 e. The van der Waals surface area contributed by atoms with Crippen molar-refractivity contribution in [2.45, 2.75) is 39.5 Å². The Morgan fingerprint density at radius 1 is 1.08 bits per heavy atom. The lowest BCUT2D eigenvalue weighted by Gasteiger charge is -2.19. The molecule has 1 aromatic heterocycles. The summed E-state index contributed by atoms with van der Waals surface area (Å²) in [6.07, 6.45) is 4.45. The van der Waals surface area contributed by atoms with Crippen molar-refractivity contribution in [2.24, 2.45) is 0 Å². The van der Waals surface area contributed by atoms with Crippen LogP contribution in [0.15, 0.2) is 24.3 Å². The van der Waals surface area contributed by atoms with Crippen molar-refractivity contribution in [3.8, 4) is 0 Å². The van der Waals surface area contributed by atoms with E-state index in [1.54, 1.807) is 0 Å². The van der Waals surface area contributed by atoms with Crippen LogP contribution in [0.2, 0.25) is 0 Å². The summed E-state index contributed by atoms with van der Waals surface area (Å²) in [6, 6.07) is 7.21. The number of carbonyl (C=O) groups excluding carboxylic acids is 2. The van der Waals surface area contributed by atoms with E-state index < -0.39 is 0 Å². The van der Waals surface area contributed by atoms with E-state index in [-0.39, 0.29) is 11.9 Å². The Labute approximate surface area is 157 Å². The highest BCUT2D eigenvalue weighted by molar-refractivity contribution is 7.17. The molecule has 7 heteroatoms. The Kier molecular flexibility index (Phi) is 5.88. The fourth-order valence-electron chi connectivity index (χ4n) is 3.05. The summed E-state index contributed by atoms with van der Waals surface area (Å²) in [6.45, 7) is 5.37. The van der Waals surface area contributed by atoms with Gasteiger partial charge in [0.2, 0.25) is 0 Å². The van der Waals surface area contributed by atoms with E-state index in [1.165, 1.54) is 24.2 Å². The van der Waals surface area contributed by atoms with Gasteiger partial charge in [-0.05, 0) is 44.4 Å². The molecule has 1 fully saturated rings. The van der Waals surface area contributed by atoms with Crippen molar-refractivity contribution in [1.82, 2.24) is 9.88 Å². The van der Waals surface area contributed by atoms with Crippen LogP contribution < -0.4 is 10.6 Å². The predicted molar refractivity (Wildman–Crippen MR) is 105 cm³/mol. The van der Waals surface area contributed by atoms with E-state index in [4.69, 9.17) is 0 Å². The van der Waals surface area contributed by atoms with Gasteiger partial charge in [-0.3, -0.25) is 10.1 Å². The van der Waals surface area contributed by atoms with Gasteiger partial charge in [0.25, 0.3) is 5.91 Å². The number of carbonyl (C=O) groups is 2. The first kappa shape index (κ1) is 18.4. The summed E-state index contributed by atoms with van der Waals surface area (Å²) in [5.41, 5.74) is 2.45. The smallest absolute Gasteiger partial charge is 0.325 e. The van der Waals surface area contributed by atoms with E-state index in [0.29, 0.717) is 15.7 Å². The van der Waals surface area contributed by atoms with E-state index in [2.05, 4.69) is 15.6 Å². The average Bonchev–Trinajstić information content (AvgIpc) is 2.80. The molecule has 0 aliphatic carbocycles. The standard InChI is InChI=1S/C19H24N4O2S/c1-13-8-7-9-15(12-13)21-18(25)22-19-20-14(2)16(26-19)17(24)23-10-5-3-4-6-11-23/h7-9,12H,3-6,10-11H2,1-2H3,(H2,20,21,22,25). The molecule has 26 heavy (non-hydrogen) atoms. The van der Waals surface area contributed by atoms with Gasteiger partial charge in [0.1, 0.15) is 4.88 Å². The zero-order chi connectivity index (χ0) is 18.5. The van der Waals surface area contributed by atoms with Crippen molar-refractivity contribution in [3.63, 3.8) is 0 Å². The first-order chi connectivity index (χ1) is 12.5. The molecule has 0 radical (unpaired) electrons. The maximum atomic E-state index is 12.8. The average molecular weight is 372 g/mol. The molecule has 1 aromatic carbocycles. The SMILES string of the molecule is Cc1cccc(NC(=O)Nc2nc(C)c(C(=O)N3CCCCCC3)s2)c1. The van der Waals surface area contributed by atoms with Crippen LogP contribution in [-0.2, 0) is 0 Å². The number of urea groups is 1. The highest BCUT2D eigenvalue weighted by Gasteiger charge is 2.22. The zero-order valence-corrected chi connectivity index (χ0v) is 16.0. The second-order valence-corrected chi connectivity index (χ2v) is 7.59. The third kappa shape index (κ3) is 4.60. The number of hydrogen-bond donors (Lipinski definition) is 2. The number of anilines is 2. The van der Waals surface area contributed by atoms with Crippen LogP contribution in [0.5, 0.6) is 0 Å². The second-order valence-electron chi connectivity index (χ2n) is 6.59. The van der Waals surface area contributed by atoms with Gasteiger partial charge in [-0.15, -0.1) is 0 Å². The maximum absolute atomic E-state index is 12.8. The van der Waals surface area contributed by atoms with Crippen molar-refractivity contribution in [1.29, 1.82) is 0 Å². The largest absolute Gasteiger partial charge is 0.338 e. The number of thiazole rings is 1. The molecule has 6 nitrogen and oxygen atoms in total. The summed E-state index contributed by atoms with van der Waals surface area (Å²) in [5.74, 6) is 0.0223. The molecule has 2 heterocycles. The molecule has 0 bridgehead atoms. The normalized spacial score (nSPS) is 14.6. The molecule has 1 saturated heterocycles. The van der Waals surface area contributed by atoms with E-state index in [9.17, 15) is 9.59 Å². The van der Waals surface area contributed by atoms with Crippen molar-refractivity contribution < 1.29 is 9.59 Å². The highest BCUT2D eigenvalue weighted by atomic mass is 32.1. The number of likely N-dealkylation sites (tertiary alicyclic amines) is 1. The Hall–Kier alpha value is -2.41. The minimum absolute atomic E-state index is 0.0223. The molecular weight excluding hydrogens is 348 g/mol. The van der Waals surface area contributed by atoms with Crippen molar-refractivity contribution in [3.05, 3.63) is 40.4 Å².